The second-order valence-electron chi connectivity index (χ2n) is 4.51. The highest BCUT2D eigenvalue weighted by Crippen LogP contribution is 2.21. The summed E-state index contributed by atoms with van der Waals surface area (Å²) in [5, 5.41) is 3.09. The van der Waals surface area contributed by atoms with Crippen molar-refractivity contribution in [2.75, 3.05) is 14.2 Å². The average Bonchev–Trinajstić information content (AvgIpc) is 3.07. The number of aryl methyl sites for hydroxylation is 1. The number of carbonyl (C=O) groups excluding carboxylic acids is 1. The van der Waals surface area contributed by atoms with Crippen molar-refractivity contribution in [3.63, 3.8) is 0 Å². The lowest BCUT2D eigenvalue weighted by Crippen LogP contribution is -2.17. The van der Waals surface area contributed by atoms with Crippen LogP contribution in [-0.2, 0) is 24.2 Å². The Morgan fingerprint density at radius 2 is 2.25 bits per heavy atom. The highest BCUT2D eigenvalue weighted by Gasteiger charge is 2.15. The maximum Gasteiger partial charge on any atom is 0.348 e. The number of methoxy groups -OCH3 is 1. The lowest BCUT2D eigenvalue weighted by molar-refractivity contribution is 0.0604. The summed E-state index contributed by atoms with van der Waals surface area (Å²) < 4.78 is 4.80. The molecule has 2 aromatic rings. The van der Waals surface area contributed by atoms with Crippen molar-refractivity contribution < 1.29 is 9.53 Å². The molecule has 0 N–H and O–H groups in total. The van der Waals surface area contributed by atoms with E-state index in [4.69, 9.17) is 4.74 Å². The maximum absolute atomic E-state index is 11.6. The van der Waals surface area contributed by atoms with Crippen LogP contribution in [0, 0.1) is 0 Å². The first-order valence-electron chi connectivity index (χ1n) is 6.40. The second kappa shape index (κ2) is 6.97. The minimum absolute atomic E-state index is 0.255. The van der Waals surface area contributed by atoms with Crippen molar-refractivity contribution in [3.8, 4) is 0 Å². The van der Waals surface area contributed by atoms with Crippen LogP contribution in [-0.4, -0.2) is 30.0 Å². The average molecular weight is 310 g/mol. The molecule has 6 heteroatoms. The largest absolute Gasteiger partial charge is 0.465 e. The molecule has 108 valence electrons. The van der Waals surface area contributed by atoms with Crippen molar-refractivity contribution in [2.45, 2.75) is 26.4 Å². The number of thiazole rings is 1. The van der Waals surface area contributed by atoms with Gasteiger partial charge in [0.05, 0.1) is 12.1 Å². The van der Waals surface area contributed by atoms with E-state index in [0.29, 0.717) is 4.88 Å². The Bertz CT molecular complexity index is 577. The molecule has 2 rings (SSSR count). The van der Waals surface area contributed by atoms with Gasteiger partial charge in [0, 0.05) is 24.2 Å². The monoisotopic (exact) mass is 310 g/mol. The van der Waals surface area contributed by atoms with Crippen molar-refractivity contribution in [1.29, 1.82) is 0 Å². The van der Waals surface area contributed by atoms with Crippen molar-refractivity contribution in [2.24, 2.45) is 0 Å². The molecule has 0 aliphatic carbocycles. The fourth-order valence-electron chi connectivity index (χ4n) is 1.93. The molecule has 0 aliphatic heterocycles. The minimum atomic E-state index is -0.255. The van der Waals surface area contributed by atoms with Gasteiger partial charge in [-0.1, -0.05) is 6.92 Å². The Labute approximate surface area is 127 Å². The zero-order chi connectivity index (χ0) is 14.5. The maximum atomic E-state index is 11.6. The number of esters is 1. The van der Waals surface area contributed by atoms with E-state index < -0.39 is 0 Å². The summed E-state index contributed by atoms with van der Waals surface area (Å²) in [7, 11) is 3.46. The molecule has 0 aromatic carbocycles. The number of hydrogen-bond acceptors (Lipinski definition) is 6. The van der Waals surface area contributed by atoms with Crippen LogP contribution in [0.3, 0.4) is 0 Å². The molecule has 0 fully saturated rings. The van der Waals surface area contributed by atoms with Gasteiger partial charge in [-0.05, 0) is 30.5 Å². The molecule has 4 nitrogen and oxygen atoms in total. The van der Waals surface area contributed by atoms with E-state index in [1.165, 1.54) is 28.3 Å². The van der Waals surface area contributed by atoms with Gasteiger partial charge in [-0.2, -0.15) is 0 Å². The zero-order valence-corrected chi connectivity index (χ0v) is 13.5. The molecule has 2 aromatic heterocycles. The first-order valence-corrected chi connectivity index (χ1v) is 8.10. The molecule has 0 aliphatic rings. The molecule has 0 spiro atoms. The van der Waals surface area contributed by atoms with Crippen LogP contribution in [0.15, 0.2) is 17.6 Å². The van der Waals surface area contributed by atoms with Crippen LogP contribution < -0.4 is 0 Å². The number of thiophene rings is 1. The summed E-state index contributed by atoms with van der Waals surface area (Å²) in [6, 6.07) is 1.98. The van der Waals surface area contributed by atoms with Gasteiger partial charge < -0.3 is 4.74 Å². The van der Waals surface area contributed by atoms with Gasteiger partial charge in [-0.15, -0.1) is 22.7 Å². The van der Waals surface area contributed by atoms with Gasteiger partial charge in [0.15, 0.2) is 0 Å². The van der Waals surface area contributed by atoms with Gasteiger partial charge in [-0.3, -0.25) is 4.90 Å². The van der Waals surface area contributed by atoms with E-state index in [1.54, 1.807) is 11.3 Å². The number of rotatable bonds is 6. The highest BCUT2D eigenvalue weighted by atomic mass is 32.1. The summed E-state index contributed by atoms with van der Waals surface area (Å²) in [6.45, 7) is 3.68. The van der Waals surface area contributed by atoms with Crippen LogP contribution in [0.5, 0.6) is 0 Å². The van der Waals surface area contributed by atoms with Gasteiger partial charge in [0.25, 0.3) is 0 Å². The van der Waals surface area contributed by atoms with Crippen LogP contribution in [0.1, 0.15) is 32.0 Å². The number of carbonyl (C=O) groups is 1. The van der Waals surface area contributed by atoms with E-state index in [9.17, 15) is 4.79 Å². The van der Waals surface area contributed by atoms with Crippen LogP contribution in [0.4, 0.5) is 0 Å². The Balaban J connectivity index is 1.99. The second-order valence-corrected chi connectivity index (χ2v) is 6.63. The van der Waals surface area contributed by atoms with E-state index in [2.05, 4.69) is 16.8 Å². The summed E-state index contributed by atoms with van der Waals surface area (Å²) in [5.41, 5.74) is 1.02. The number of ether oxygens (including phenoxy) is 1. The number of nitrogens with zero attached hydrogens (tertiary/aromatic N) is 2. The Hall–Kier alpha value is -1.24. The normalized spacial score (nSPS) is 11.0. The first kappa shape index (κ1) is 15.2. The number of hydrogen-bond donors (Lipinski definition) is 0. The topological polar surface area (TPSA) is 42.4 Å². The third-order valence-electron chi connectivity index (χ3n) is 2.89. The quantitative estimate of drug-likeness (QED) is 0.769. The standard InChI is InChI=1S/C14H18N2O2S2/c1-4-12-15-7-11(20-12)9-16(2)8-10-5-6-19-13(10)14(17)18-3/h5-7H,4,8-9H2,1-3H3. The zero-order valence-electron chi connectivity index (χ0n) is 11.9. The summed E-state index contributed by atoms with van der Waals surface area (Å²) >= 11 is 3.17. The molecule has 0 atom stereocenters. The molecule has 0 bridgehead atoms. The molecular formula is C14H18N2O2S2. The lowest BCUT2D eigenvalue weighted by Gasteiger charge is -2.15. The van der Waals surface area contributed by atoms with Crippen molar-refractivity contribution in [1.82, 2.24) is 9.88 Å². The van der Waals surface area contributed by atoms with Crippen LogP contribution in [0.25, 0.3) is 0 Å². The predicted octanol–water partition coefficient (Wildman–Crippen LogP) is 3.19. The van der Waals surface area contributed by atoms with Crippen molar-refractivity contribution in [3.05, 3.63) is 38.0 Å². The summed E-state index contributed by atoms with van der Waals surface area (Å²) in [5.74, 6) is -0.255. The Morgan fingerprint density at radius 3 is 2.90 bits per heavy atom. The Morgan fingerprint density at radius 1 is 1.45 bits per heavy atom. The van der Waals surface area contributed by atoms with Crippen LogP contribution >= 0.6 is 22.7 Å². The molecule has 0 saturated carbocycles. The van der Waals surface area contributed by atoms with E-state index in [0.717, 1.165) is 25.1 Å². The lowest BCUT2D eigenvalue weighted by atomic mass is 10.2. The van der Waals surface area contributed by atoms with E-state index in [-0.39, 0.29) is 5.97 Å². The Kier molecular flexibility index (Phi) is 5.28. The molecule has 20 heavy (non-hydrogen) atoms. The minimum Gasteiger partial charge on any atom is -0.465 e. The van der Waals surface area contributed by atoms with E-state index in [1.807, 2.05) is 24.7 Å². The third kappa shape index (κ3) is 3.65. The van der Waals surface area contributed by atoms with Crippen LogP contribution in [0.2, 0.25) is 0 Å². The molecule has 0 amide bonds. The SMILES string of the molecule is CCc1ncc(CN(C)Cc2ccsc2C(=O)OC)s1. The molecule has 0 unspecified atom stereocenters. The van der Waals surface area contributed by atoms with Gasteiger partial charge in [-0.25, -0.2) is 9.78 Å². The number of aromatic nitrogens is 1. The summed E-state index contributed by atoms with van der Waals surface area (Å²) in [6.07, 6.45) is 2.92. The molecular weight excluding hydrogens is 292 g/mol. The van der Waals surface area contributed by atoms with Gasteiger partial charge in [0.1, 0.15) is 4.88 Å². The summed E-state index contributed by atoms with van der Waals surface area (Å²) in [4.78, 5) is 20.1. The van der Waals surface area contributed by atoms with Crippen molar-refractivity contribution >= 4 is 28.6 Å². The predicted molar refractivity (Wildman–Crippen MR) is 82.3 cm³/mol. The molecule has 0 saturated heterocycles. The molecule has 0 radical (unpaired) electrons. The fraction of sp³-hybridized carbons (Fsp3) is 0.429. The fourth-order valence-corrected chi connectivity index (χ4v) is 3.70. The highest BCUT2D eigenvalue weighted by molar-refractivity contribution is 7.12. The van der Waals surface area contributed by atoms with E-state index >= 15 is 0 Å². The first-order chi connectivity index (χ1) is 9.63. The van der Waals surface area contributed by atoms with Gasteiger partial charge in [0.2, 0.25) is 0 Å². The third-order valence-corrected chi connectivity index (χ3v) is 4.95. The molecule has 2 heterocycles. The van der Waals surface area contributed by atoms with Gasteiger partial charge >= 0.3 is 5.97 Å². The smallest absolute Gasteiger partial charge is 0.348 e.